The Hall–Kier alpha value is -1.38. The van der Waals surface area contributed by atoms with Crippen LogP contribution in [0.1, 0.15) is 0 Å². The van der Waals surface area contributed by atoms with E-state index in [1.54, 1.807) is 7.05 Å². The molecule has 0 aliphatic carbocycles. The van der Waals surface area contributed by atoms with Gasteiger partial charge in [-0.05, 0) is 12.1 Å². The van der Waals surface area contributed by atoms with Gasteiger partial charge in [-0.15, -0.1) is 0 Å². The van der Waals surface area contributed by atoms with Gasteiger partial charge in [-0.2, -0.15) is 4.31 Å². The first-order valence-electron chi connectivity index (χ1n) is 5.72. The van der Waals surface area contributed by atoms with Gasteiger partial charge in [-0.1, -0.05) is 11.6 Å². The average molecular weight is 322 g/mol. The zero-order valence-electron chi connectivity index (χ0n) is 10.6. The summed E-state index contributed by atoms with van der Waals surface area (Å²) >= 11 is 5.77. The maximum Gasteiger partial charge on any atom is 0.245 e. The number of carbonyl (C=O) groups is 1. The number of nitrogens with two attached hydrogens (primary N) is 1. The quantitative estimate of drug-likeness (QED) is 0.805. The fourth-order valence-electron chi connectivity index (χ4n) is 1.82. The Bertz CT molecular complexity index is 665. The maximum absolute atomic E-state index is 13.2. The van der Waals surface area contributed by atoms with Gasteiger partial charge in [0.2, 0.25) is 15.9 Å². The number of hydrogen-bond donors (Lipinski definition) is 1. The highest BCUT2D eigenvalue weighted by Gasteiger charge is 2.33. The zero-order valence-corrected chi connectivity index (χ0v) is 12.2. The molecule has 1 aliphatic rings. The van der Waals surface area contributed by atoms with Crippen LogP contribution in [0.2, 0.25) is 5.02 Å². The van der Waals surface area contributed by atoms with Crippen LogP contribution < -0.4 is 5.73 Å². The van der Waals surface area contributed by atoms with Crippen molar-refractivity contribution in [1.82, 2.24) is 9.21 Å². The number of benzene rings is 1. The second kappa shape index (κ2) is 5.19. The van der Waals surface area contributed by atoms with E-state index in [-0.39, 0.29) is 41.1 Å². The zero-order chi connectivity index (χ0) is 15.1. The molecular formula is C11H13ClFN3O3S. The fourth-order valence-corrected chi connectivity index (χ4v) is 3.73. The van der Waals surface area contributed by atoms with E-state index in [1.807, 2.05) is 0 Å². The summed E-state index contributed by atoms with van der Waals surface area (Å²) in [5.74, 6) is -1.10. The largest absolute Gasteiger partial charge is 0.396 e. The monoisotopic (exact) mass is 321 g/mol. The molecule has 2 N–H and O–H groups in total. The summed E-state index contributed by atoms with van der Waals surface area (Å²) in [6.45, 7) is 0.164. The van der Waals surface area contributed by atoms with E-state index >= 15 is 0 Å². The van der Waals surface area contributed by atoms with Crippen molar-refractivity contribution in [2.45, 2.75) is 4.90 Å². The number of nitrogen functional groups attached to an aromatic ring is 1. The second-order valence-electron chi connectivity index (χ2n) is 4.46. The van der Waals surface area contributed by atoms with Crippen LogP contribution in [0.25, 0.3) is 0 Å². The van der Waals surface area contributed by atoms with Crippen molar-refractivity contribution < 1.29 is 17.6 Å². The van der Waals surface area contributed by atoms with Crippen LogP contribution in [0.15, 0.2) is 17.0 Å². The molecule has 1 saturated heterocycles. The summed E-state index contributed by atoms with van der Waals surface area (Å²) in [6.07, 6.45) is 0. The minimum absolute atomic E-state index is 0.151. The fraction of sp³-hybridized carbons (Fsp3) is 0.364. The van der Waals surface area contributed by atoms with Gasteiger partial charge in [0.15, 0.2) is 0 Å². The predicted molar refractivity (Wildman–Crippen MR) is 72.2 cm³/mol. The Kier molecular flexibility index (Phi) is 3.90. The molecule has 0 bridgehead atoms. The Morgan fingerprint density at radius 2 is 2.00 bits per heavy atom. The third-order valence-electron chi connectivity index (χ3n) is 3.09. The van der Waals surface area contributed by atoms with Crippen LogP contribution in [-0.4, -0.2) is 50.2 Å². The first-order chi connectivity index (χ1) is 9.23. The summed E-state index contributed by atoms with van der Waals surface area (Å²) in [6, 6.07) is 1.82. The van der Waals surface area contributed by atoms with Crippen LogP contribution in [0.3, 0.4) is 0 Å². The van der Waals surface area contributed by atoms with Gasteiger partial charge in [0.05, 0.1) is 17.3 Å². The molecule has 0 radical (unpaired) electrons. The summed E-state index contributed by atoms with van der Waals surface area (Å²) in [7, 11) is -2.39. The number of hydrogen-bond acceptors (Lipinski definition) is 4. The van der Waals surface area contributed by atoms with Crippen LogP contribution in [0.5, 0.6) is 0 Å². The molecule has 2 rings (SSSR count). The normalized spacial score (nSPS) is 17.6. The number of nitrogens with zero attached hydrogens (tertiary/aromatic N) is 2. The molecule has 0 atom stereocenters. The van der Waals surface area contributed by atoms with Gasteiger partial charge in [-0.25, -0.2) is 12.8 Å². The molecule has 20 heavy (non-hydrogen) atoms. The summed E-state index contributed by atoms with van der Waals surface area (Å²) in [4.78, 5) is 12.7. The lowest BCUT2D eigenvalue weighted by molar-refractivity contribution is -0.132. The molecule has 0 unspecified atom stereocenters. The average Bonchev–Trinajstić information content (AvgIpc) is 2.36. The summed E-state index contributed by atoms with van der Waals surface area (Å²) in [5.41, 5.74) is 5.06. The summed E-state index contributed by atoms with van der Waals surface area (Å²) < 4.78 is 39.1. The Morgan fingerprint density at radius 1 is 1.35 bits per heavy atom. The summed E-state index contributed by atoms with van der Waals surface area (Å²) in [5, 5.41) is -0.261. The minimum atomic E-state index is -3.98. The van der Waals surface area contributed by atoms with Crippen molar-refractivity contribution in [3.05, 3.63) is 23.0 Å². The van der Waals surface area contributed by atoms with E-state index in [1.165, 1.54) is 4.90 Å². The van der Waals surface area contributed by atoms with Crippen LogP contribution in [0.4, 0.5) is 10.1 Å². The van der Waals surface area contributed by atoms with Gasteiger partial charge in [-0.3, -0.25) is 4.79 Å². The smallest absolute Gasteiger partial charge is 0.245 e. The number of carbonyl (C=O) groups excluding carboxylic acids is 1. The first kappa shape index (κ1) is 15.0. The topological polar surface area (TPSA) is 83.7 Å². The van der Waals surface area contributed by atoms with Crippen molar-refractivity contribution in [3.8, 4) is 0 Å². The number of likely N-dealkylation sites (N-methyl/N-ethyl adjacent to an activating group) is 1. The number of sulfonamides is 1. The van der Waals surface area contributed by atoms with Gasteiger partial charge in [0.25, 0.3) is 0 Å². The first-order valence-corrected chi connectivity index (χ1v) is 7.54. The second-order valence-corrected chi connectivity index (χ2v) is 6.77. The standard InChI is InChI=1S/C11H13ClFN3O3S/c1-15-2-3-16(6-11(15)17)20(18,19)10-5-9(14)8(13)4-7(10)12/h4-5H,2-3,6,14H2,1H3. The van der Waals surface area contributed by atoms with Crippen molar-refractivity contribution >= 4 is 33.2 Å². The van der Waals surface area contributed by atoms with E-state index in [4.69, 9.17) is 17.3 Å². The molecule has 9 heteroatoms. The maximum atomic E-state index is 13.2. The van der Waals surface area contributed by atoms with E-state index in [0.29, 0.717) is 0 Å². The molecule has 0 spiro atoms. The van der Waals surface area contributed by atoms with Crippen molar-refractivity contribution in [2.24, 2.45) is 0 Å². The molecule has 1 amide bonds. The van der Waals surface area contributed by atoms with E-state index < -0.39 is 15.8 Å². The Labute approximate surface area is 121 Å². The molecule has 1 fully saturated rings. The predicted octanol–water partition coefficient (Wildman–Crippen LogP) is 0.524. The van der Waals surface area contributed by atoms with Gasteiger partial charge >= 0.3 is 0 Å². The molecule has 1 aromatic rings. The highest BCUT2D eigenvalue weighted by atomic mass is 35.5. The minimum Gasteiger partial charge on any atom is -0.396 e. The lowest BCUT2D eigenvalue weighted by atomic mass is 10.3. The van der Waals surface area contributed by atoms with E-state index in [2.05, 4.69) is 0 Å². The van der Waals surface area contributed by atoms with Gasteiger partial charge < -0.3 is 10.6 Å². The van der Waals surface area contributed by atoms with Crippen LogP contribution in [-0.2, 0) is 14.8 Å². The number of anilines is 1. The molecule has 0 aromatic heterocycles. The molecule has 110 valence electrons. The number of halogens is 2. The Balaban J connectivity index is 2.41. The number of rotatable bonds is 2. The SMILES string of the molecule is CN1CCN(S(=O)(=O)c2cc(N)c(F)cc2Cl)CC1=O. The van der Waals surface area contributed by atoms with Gasteiger partial charge in [0, 0.05) is 20.1 Å². The molecule has 6 nitrogen and oxygen atoms in total. The van der Waals surface area contributed by atoms with E-state index in [0.717, 1.165) is 16.4 Å². The molecule has 1 aromatic carbocycles. The molecule has 0 saturated carbocycles. The highest BCUT2D eigenvalue weighted by Crippen LogP contribution is 2.29. The van der Waals surface area contributed by atoms with Crippen molar-refractivity contribution in [2.75, 3.05) is 32.4 Å². The lowest BCUT2D eigenvalue weighted by Gasteiger charge is -2.31. The van der Waals surface area contributed by atoms with Crippen molar-refractivity contribution in [1.29, 1.82) is 0 Å². The number of amides is 1. The third kappa shape index (κ3) is 2.58. The van der Waals surface area contributed by atoms with Gasteiger partial charge in [0.1, 0.15) is 10.7 Å². The van der Waals surface area contributed by atoms with E-state index in [9.17, 15) is 17.6 Å². The highest BCUT2D eigenvalue weighted by molar-refractivity contribution is 7.89. The van der Waals surface area contributed by atoms with Crippen molar-refractivity contribution in [3.63, 3.8) is 0 Å². The lowest BCUT2D eigenvalue weighted by Crippen LogP contribution is -2.50. The Morgan fingerprint density at radius 3 is 2.60 bits per heavy atom. The molecular weight excluding hydrogens is 309 g/mol. The van der Waals surface area contributed by atoms with Crippen LogP contribution in [0, 0.1) is 5.82 Å². The molecule has 1 aliphatic heterocycles. The third-order valence-corrected chi connectivity index (χ3v) is 5.40. The molecule has 1 heterocycles. The number of piperazine rings is 1. The van der Waals surface area contributed by atoms with Crippen LogP contribution >= 0.6 is 11.6 Å².